The number of nitrogens with two attached hydrogens (primary N) is 1. The molecule has 0 aliphatic rings. The fourth-order valence-corrected chi connectivity index (χ4v) is 1.95. The number of pyridine rings is 1. The molecule has 4 nitrogen and oxygen atoms in total. The number of anilines is 1. The maximum atomic E-state index is 11.2. The lowest BCUT2D eigenvalue weighted by molar-refractivity contribution is 0.672. The van der Waals surface area contributed by atoms with Crippen LogP contribution in [0, 0.1) is 0 Å². The average Bonchev–Trinajstić information content (AvgIpc) is 2.29. The molecule has 0 bridgehead atoms. The minimum atomic E-state index is -0.788. The summed E-state index contributed by atoms with van der Waals surface area (Å²) in [6.07, 6.45) is 5.90. The molecule has 1 aromatic rings. The zero-order chi connectivity index (χ0) is 12.8. The Morgan fingerprint density at radius 1 is 1.71 bits per heavy atom. The molecule has 0 aliphatic heterocycles. The van der Waals surface area contributed by atoms with Gasteiger partial charge >= 0.3 is 0 Å². The molecular weight excluding hydrogens is 254 g/mol. The van der Waals surface area contributed by atoms with E-state index in [1.165, 1.54) is 0 Å². The molecule has 1 rings (SSSR count). The molecule has 0 spiro atoms. The number of hydrogen-bond donors (Lipinski definition) is 2. The van der Waals surface area contributed by atoms with Crippen molar-refractivity contribution in [2.45, 2.75) is 18.6 Å². The van der Waals surface area contributed by atoms with Gasteiger partial charge in [0, 0.05) is 40.6 Å². The van der Waals surface area contributed by atoms with Crippen LogP contribution in [-0.2, 0) is 10.8 Å². The number of nitrogens with one attached hydrogen (secondary N) is 1. The molecule has 6 heteroatoms. The fraction of sp³-hybridized carbons (Fsp3) is 0.455. The van der Waals surface area contributed by atoms with Gasteiger partial charge in [-0.05, 0) is 12.5 Å². The second-order valence-electron chi connectivity index (χ2n) is 3.81. The van der Waals surface area contributed by atoms with Crippen molar-refractivity contribution in [3.05, 3.63) is 24.0 Å². The zero-order valence-electron chi connectivity index (χ0n) is 9.97. The minimum absolute atomic E-state index is 0.174. The molecular formula is C11H17N3OS2. The van der Waals surface area contributed by atoms with E-state index in [9.17, 15) is 4.21 Å². The van der Waals surface area contributed by atoms with E-state index in [1.54, 1.807) is 24.7 Å². The van der Waals surface area contributed by atoms with E-state index in [0.29, 0.717) is 4.99 Å². The van der Waals surface area contributed by atoms with Crippen LogP contribution in [0.2, 0.25) is 0 Å². The molecule has 0 saturated heterocycles. The van der Waals surface area contributed by atoms with Gasteiger partial charge in [0.1, 0.15) is 4.99 Å². The van der Waals surface area contributed by atoms with Crippen molar-refractivity contribution in [3.8, 4) is 0 Å². The summed E-state index contributed by atoms with van der Waals surface area (Å²) in [7, 11) is -0.788. The Balaban J connectivity index is 2.58. The molecule has 0 amide bonds. The Labute approximate surface area is 109 Å². The maximum Gasteiger partial charge on any atom is 0.106 e. The first-order chi connectivity index (χ1) is 8.02. The third kappa shape index (κ3) is 4.40. The molecule has 94 valence electrons. The SMILES string of the molecule is CC(CCNc1cnccc1C(N)=S)S(C)=O. The molecule has 0 fully saturated rings. The number of hydrogen-bond acceptors (Lipinski definition) is 4. The van der Waals surface area contributed by atoms with Crippen molar-refractivity contribution >= 4 is 33.7 Å². The highest BCUT2D eigenvalue weighted by atomic mass is 32.2. The van der Waals surface area contributed by atoms with Gasteiger partial charge in [0.15, 0.2) is 0 Å². The van der Waals surface area contributed by atoms with Crippen LogP contribution in [0.3, 0.4) is 0 Å². The van der Waals surface area contributed by atoms with Crippen molar-refractivity contribution in [2.75, 3.05) is 18.1 Å². The quantitative estimate of drug-likeness (QED) is 0.763. The topological polar surface area (TPSA) is 68.0 Å². The van der Waals surface area contributed by atoms with Gasteiger partial charge in [-0.2, -0.15) is 0 Å². The Morgan fingerprint density at radius 3 is 3.00 bits per heavy atom. The maximum absolute atomic E-state index is 11.2. The van der Waals surface area contributed by atoms with Crippen molar-refractivity contribution < 1.29 is 4.21 Å². The first kappa shape index (κ1) is 14.1. The van der Waals surface area contributed by atoms with Crippen LogP contribution >= 0.6 is 12.2 Å². The van der Waals surface area contributed by atoms with E-state index in [2.05, 4.69) is 10.3 Å². The molecule has 3 N–H and O–H groups in total. The van der Waals surface area contributed by atoms with E-state index in [4.69, 9.17) is 18.0 Å². The summed E-state index contributed by atoms with van der Waals surface area (Å²) >= 11 is 4.95. The van der Waals surface area contributed by atoms with E-state index in [-0.39, 0.29) is 5.25 Å². The Bertz CT molecular complexity index is 423. The van der Waals surface area contributed by atoms with Gasteiger partial charge in [-0.3, -0.25) is 9.19 Å². The molecule has 1 heterocycles. The van der Waals surface area contributed by atoms with E-state index < -0.39 is 10.8 Å². The van der Waals surface area contributed by atoms with Gasteiger partial charge in [0.25, 0.3) is 0 Å². The number of thiocarbonyl (C=S) groups is 1. The number of rotatable bonds is 6. The predicted octanol–water partition coefficient (Wildman–Crippen LogP) is 1.28. The van der Waals surface area contributed by atoms with Crippen molar-refractivity contribution in [1.82, 2.24) is 4.98 Å². The Morgan fingerprint density at radius 2 is 2.41 bits per heavy atom. The highest BCUT2D eigenvalue weighted by Gasteiger charge is 2.07. The Hall–Kier alpha value is -1.01. The molecule has 2 unspecified atom stereocenters. The van der Waals surface area contributed by atoms with Crippen LogP contribution in [0.1, 0.15) is 18.9 Å². The van der Waals surface area contributed by atoms with Crippen LogP contribution in [0.25, 0.3) is 0 Å². The van der Waals surface area contributed by atoms with Crippen molar-refractivity contribution in [3.63, 3.8) is 0 Å². The zero-order valence-corrected chi connectivity index (χ0v) is 11.6. The summed E-state index contributed by atoms with van der Waals surface area (Å²) in [4.78, 5) is 4.37. The van der Waals surface area contributed by atoms with E-state index >= 15 is 0 Å². The monoisotopic (exact) mass is 271 g/mol. The summed E-state index contributed by atoms with van der Waals surface area (Å²) in [6.45, 7) is 2.69. The van der Waals surface area contributed by atoms with Gasteiger partial charge in [-0.25, -0.2) is 0 Å². The first-order valence-corrected chi connectivity index (χ1v) is 7.35. The van der Waals surface area contributed by atoms with Crippen LogP contribution < -0.4 is 11.1 Å². The smallest absolute Gasteiger partial charge is 0.106 e. The van der Waals surface area contributed by atoms with Gasteiger partial charge in [-0.15, -0.1) is 0 Å². The highest BCUT2D eigenvalue weighted by Crippen LogP contribution is 2.13. The van der Waals surface area contributed by atoms with Crippen LogP contribution in [0.5, 0.6) is 0 Å². The Kier molecular flexibility index (Phi) is 5.50. The second kappa shape index (κ2) is 6.66. The second-order valence-corrected chi connectivity index (χ2v) is 6.05. The first-order valence-electron chi connectivity index (χ1n) is 5.32. The van der Waals surface area contributed by atoms with Crippen LogP contribution in [0.15, 0.2) is 18.5 Å². The number of nitrogens with zero attached hydrogens (tertiary/aromatic N) is 1. The summed E-state index contributed by atoms with van der Waals surface area (Å²) in [5, 5.41) is 3.39. The summed E-state index contributed by atoms with van der Waals surface area (Å²) in [5.74, 6) is 0. The molecule has 0 aliphatic carbocycles. The minimum Gasteiger partial charge on any atom is -0.389 e. The lowest BCUT2D eigenvalue weighted by Crippen LogP contribution is -2.17. The molecule has 17 heavy (non-hydrogen) atoms. The molecule has 0 aromatic carbocycles. The molecule has 0 radical (unpaired) electrons. The molecule has 1 aromatic heterocycles. The number of aromatic nitrogens is 1. The summed E-state index contributed by atoms with van der Waals surface area (Å²) < 4.78 is 11.2. The summed E-state index contributed by atoms with van der Waals surface area (Å²) in [5.41, 5.74) is 7.23. The lowest BCUT2D eigenvalue weighted by Gasteiger charge is -2.12. The van der Waals surface area contributed by atoms with Gasteiger partial charge in [0.05, 0.1) is 11.9 Å². The van der Waals surface area contributed by atoms with Gasteiger partial charge < -0.3 is 11.1 Å². The van der Waals surface area contributed by atoms with Crippen molar-refractivity contribution in [1.29, 1.82) is 0 Å². The normalized spacial score (nSPS) is 14.0. The standard InChI is InChI=1S/C11H17N3OS2/c1-8(17(2)15)3-6-14-10-7-13-5-4-9(10)11(12)16/h4-5,7-8,14H,3,6H2,1-2H3,(H2,12,16). The lowest BCUT2D eigenvalue weighted by atomic mass is 10.2. The van der Waals surface area contributed by atoms with E-state index in [1.807, 2.05) is 6.92 Å². The van der Waals surface area contributed by atoms with Gasteiger partial charge in [0.2, 0.25) is 0 Å². The molecule has 2 atom stereocenters. The largest absolute Gasteiger partial charge is 0.389 e. The van der Waals surface area contributed by atoms with Gasteiger partial charge in [-0.1, -0.05) is 19.1 Å². The molecule has 0 saturated carbocycles. The van der Waals surface area contributed by atoms with Crippen LogP contribution in [-0.4, -0.2) is 32.2 Å². The summed E-state index contributed by atoms with van der Waals surface area (Å²) in [6, 6.07) is 1.78. The van der Waals surface area contributed by atoms with Crippen LogP contribution in [0.4, 0.5) is 5.69 Å². The average molecular weight is 271 g/mol. The third-order valence-electron chi connectivity index (χ3n) is 2.52. The van der Waals surface area contributed by atoms with E-state index in [0.717, 1.165) is 24.2 Å². The van der Waals surface area contributed by atoms with Crippen molar-refractivity contribution in [2.24, 2.45) is 5.73 Å². The fourth-order valence-electron chi connectivity index (χ4n) is 1.33. The third-order valence-corrected chi connectivity index (χ3v) is 4.11. The highest BCUT2D eigenvalue weighted by molar-refractivity contribution is 7.84. The predicted molar refractivity (Wildman–Crippen MR) is 76.8 cm³/mol.